The number of nitrogens with one attached hydrogen (secondary N) is 3. The Balaban J connectivity index is 1.45. The van der Waals surface area contributed by atoms with Gasteiger partial charge in [-0.15, -0.1) is 0 Å². The van der Waals surface area contributed by atoms with Gasteiger partial charge in [0, 0.05) is 31.2 Å². The van der Waals surface area contributed by atoms with Crippen LogP contribution in [0.4, 0.5) is 0 Å². The van der Waals surface area contributed by atoms with E-state index in [-0.39, 0.29) is 18.0 Å². The molecule has 116 valence electrons. The maximum atomic E-state index is 12.2. The predicted octanol–water partition coefficient (Wildman–Crippen LogP) is 0.311. The van der Waals surface area contributed by atoms with Gasteiger partial charge in [0.25, 0.3) is 0 Å². The number of hydrazine groups is 1. The summed E-state index contributed by atoms with van der Waals surface area (Å²) >= 11 is 0. The van der Waals surface area contributed by atoms with Crippen molar-refractivity contribution in [3.05, 3.63) is 48.0 Å². The molecule has 1 aliphatic heterocycles. The molecule has 0 bridgehead atoms. The fraction of sp³-hybridized carbons (Fsp3) is 0.400. The van der Waals surface area contributed by atoms with E-state index in [9.17, 15) is 4.79 Å². The minimum Gasteiger partial charge on any atom is -0.353 e. The third kappa shape index (κ3) is 3.49. The Morgan fingerprint density at radius 3 is 2.91 bits per heavy atom. The molecule has 0 saturated carbocycles. The highest BCUT2D eigenvalue weighted by Gasteiger charge is 2.29. The lowest BCUT2D eigenvalue weighted by molar-refractivity contribution is -0.122. The molecule has 2 aromatic heterocycles. The summed E-state index contributed by atoms with van der Waals surface area (Å²) < 4.78 is 1.83. The summed E-state index contributed by atoms with van der Waals surface area (Å²) in [6, 6.07) is 5.77. The normalized spacial score (nSPS) is 21.0. The van der Waals surface area contributed by atoms with Gasteiger partial charge in [-0.3, -0.25) is 14.5 Å². The van der Waals surface area contributed by atoms with E-state index in [1.54, 1.807) is 12.4 Å². The average Bonchev–Trinajstić information content (AvgIpc) is 3.17. The van der Waals surface area contributed by atoms with Crippen molar-refractivity contribution in [1.29, 1.82) is 0 Å². The molecule has 7 heteroatoms. The number of rotatable bonds is 5. The SMILES string of the molecule is Cc1ccn(CCNC(=O)C2CC(c3ccncc3)NN2)n1. The largest absolute Gasteiger partial charge is 0.353 e. The fourth-order valence-corrected chi connectivity index (χ4v) is 2.55. The Morgan fingerprint density at radius 1 is 1.36 bits per heavy atom. The van der Waals surface area contributed by atoms with Gasteiger partial charge < -0.3 is 5.32 Å². The molecule has 1 aliphatic rings. The molecule has 2 atom stereocenters. The van der Waals surface area contributed by atoms with Crippen molar-refractivity contribution >= 4 is 5.91 Å². The van der Waals surface area contributed by atoms with Crippen molar-refractivity contribution in [2.75, 3.05) is 6.54 Å². The number of aromatic nitrogens is 3. The van der Waals surface area contributed by atoms with E-state index in [2.05, 4.69) is 26.3 Å². The predicted molar refractivity (Wildman–Crippen MR) is 81.6 cm³/mol. The third-order valence-electron chi connectivity index (χ3n) is 3.74. The van der Waals surface area contributed by atoms with Gasteiger partial charge in [0.05, 0.1) is 12.2 Å². The maximum Gasteiger partial charge on any atom is 0.238 e. The molecule has 0 spiro atoms. The van der Waals surface area contributed by atoms with E-state index in [4.69, 9.17) is 0 Å². The molecular weight excluding hydrogens is 280 g/mol. The zero-order chi connectivity index (χ0) is 15.4. The van der Waals surface area contributed by atoms with Crippen LogP contribution in [0.25, 0.3) is 0 Å². The van der Waals surface area contributed by atoms with Crippen LogP contribution < -0.4 is 16.2 Å². The topological polar surface area (TPSA) is 83.9 Å². The Bertz CT molecular complexity index is 626. The van der Waals surface area contributed by atoms with Gasteiger partial charge in [0.2, 0.25) is 5.91 Å². The summed E-state index contributed by atoms with van der Waals surface area (Å²) in [6.07, 6.45) is 6.15. The number of nitrogens with zero attached hydrogens (tertiary/aromatic N) is 3. The monoisotopic (exact) mass is 300 g/mol. The van der Waals surface area contributed by atoms with Gasteiger partial charge in [-0.2, -0.15) is 5.10 Å². The molecule has 0 aromatic carbocycles. The van der Waals surface area contributed by atoms with Crippen molar-refractivity contribution < 1.29 is 4.79 Å². The van der Waals surface area contributed by atoms with E-state index >= 15 is 0 Å². The van der Waals surface area contributed by atoms with Crippen LogP contribution >= 0.6 is 0 Å². The smallest absolute Gasteiger partial charge is 0.238 e. The molecule has 3 heterocycles. The summed E-state index contributed by atoms with van der Waals surface area (Å²) in [5.74, 6) is 0.00735. The second kappa shape index (κ2) is 6.67. The molecular formula is C15H20N6O. The van der Waals surface area contributed by atoms with Crippen LogP contribution in [-0.4, -0.2) is 33.3 Å². The van der Waals surface area contributed by atoms with Gasteiger partial charge >= 0.3 is 0 Å². The lowest BCUT2D eigenvalue weighted by Crippen LogP contribution is -2.44. The maximum absolute atomic E-state index is 12.2. The van der Waals surface area contributed by atoms with Crippen LogP contribution in [-0.2, 0) is 11.3 Å². The van der Waals surface area contributed by atoms with E-state index < -0.39 is 0 Å². The lowest BCUT2D eigenvalue weighted by Gasteiger charge is -2.10. The Kier molecular flexibility index (Phi) is 4.45. The van der Waals surface area contributed by atoms with Crippen molar-refractivity contribution in [2.24, 2.45) is 0 Å². The molecule has 0 aliphatic carbocycles. The summed E-state index contributed by atoms with van der Waals surface area (Å²) in [4.78, 5) is 16.2. The van der Waals surface area contributed by atoms with Crippen molar-refractivity contribution in [3.8, 4) is 0 Å². The molecule has 2 unspecified atom stereocenters. The highest BCUT2D eigenvalue weighted by atomic mass is 16.2. The second-order valence-electron chi connectivity index (χ2n) is 5.42. The van der Waals surface area contributed by atoms with E-state index in [1.165, 1.54) is 0 Å². The lowest BCUT2D eigenvalue weighted by atomic mass is 10.0. The molecule has 7 nitrogen and oxygen atoms in total. The number of carbonyl (C=O) groups is 1. The zero-order valence-electron chi connectivity index (χ0n) is 12.5. The number of hydrogen-bond donors (Lipinski definition) is 3. The first-order chi connectivity index (χ1) is 10.7. The van der Waals surface area contributed by atoms with E-state index in [1.807, 2.05) is 36.0 Å². The molecule has 1 saturated heterocycles. The first-order valence-electron chi connectivity index (χ1n) is 7.41. The standard InChI is InChI=1S/C15H20N6O/c1-11-4-8-21(20-11)9-7-17-15(22)14-10-13(18-19-14)12-2-5-16-6-3-12/h2-6,8,13-14,18-19H,7,9-10H2,1H3,(H,17,22). The molecule has 3 N–H and O–H groups in total. The molecule has 2 aromatic rings. The first kappa shape index (κ1) is 14.7. The minimum atomic E-state index is -0.225. The molecule has 1 amide bonds. The first-order valence-corrected chi connectivity index (χ1v) is 7.41. The van der Waals surface area contributed by atoms with Crippen molar-refractivity contribution in [3.63, 3.8) is 0 Å². The Hall–Kier alpha value is -2.25. The van der Waals surface area contributed by atoms with Crippen LogP contribution in [0.3, 0.4) is 0 Å². The van der Waals surface area contributed by atoms with Crippen LogP contribution in [0, 0.1) is 6.92 Å². The summed E-state index contributed by atoms with van der Waals surface area (Å²) in [5, 5.41) is 7.23. The molecule has 3 rings (SSSR count). The van der Waals surface area contributed by atoms with Crippen LogP contribution in [0.1, 0.15) is 23.7 Å². The van der Waals surface area contributed by atoms with Crippen LogP contribution in [0.2, 0.25) is 0 Å². The molecule has 1 fully saturated rings. The van der Waals surface area contributed by atoms with Crippen LogP contribution in [0.5, 0.6) is 0 Å². The number of pyridine rings is 1. The average molecular weight is 300 g/mol. The number of hydrogen-bond acceptors (Lipinski definition) is 5. The Morgan fingerprint density at radius 2 is 2.18 bits per heavy atom. The fourth-order valence-electron chi connectivity index (χ4n) is 2.55. The van der Waals surface area contributed by atoms with Crippen molar-refractivity contribution in [1.82, 2.24) is 30.9 Å². The number of amides is 1. The van der Waals surface area contributed by atoms with Crippen LogP contribution in [0.15, 0.2) is 36.8 Å². The molecule has 0 radical (unpaired) electrons. The van der Waals surface area contributed by atoms with E-state index in [0.717, 1.165) is 17.7 Å². The van der Waals surface area contributed by atoms with Gasteiger partial charge in [-0.25, -0.2) is 10.9 Å². The quantitative estimate of drug-likeness (QED) is 0.740. The third-order valence-corrected chi connectivity index (χ3v) is 3.74. The van der Waals surface area contributed by atoms with Gasteiger partial charge in [-0.05, 0) is 37.1 Å². The number of carbonyl (C=O) groups excluding carboxylic acids is 1. The Labute approximate surface area is 129 Å². The highest BCUT2D eigenvalue weighted by molar-refractivity contribution is 5.82. The summed E-state index contributed by atoms with van der Waals surface area (Å²) in [5.41, 5.74) is 8.32. The minimum absolute atomic E-state index is 0.00735. The number of aryl methyl sites for hydroxylation is 1. The summed E-state index contributed by atoms with van der Waals surface area (Å²) in [6.45, 7) is 3.19. The summed E-state index contributed by atoms with van der Waals surface area (Å²) in [7, 11) is 0. The van der Waals surface area contributed by atoms with Gasteiger partial charge in [0.15, 0.2) is 0 Å². The second-order valence-corrected chi connectivity index (χ2v) is 5.42. The zero-order valence-corrected chi connectivity index (χ0v) is 12.5. The van der Waals surface area contributed by atoms with Gasteiger partial charge in [-0.1, -0.05) is 0 Å². The van der Waals surface area contributed by atoms with Gasteiger partial charge in [0.1, 0.15) is 6.04 Å². The highest BCUT2D eigenvalue weighted by Crippen LogP contribution is 2.21. The molecule has 22 heavy (non-hydrogen) atoms. The van der Waals surface area contributed by atoms with Crippen molar-refractivity contribution in [2.45, 2.75) is 32.0 Å². The van der Waals surface area contributed by atoms with E-state index in [0.29, 0.717) is 13.1 Å².